The maximum Gasteiger partial charge on any atom is 0.325 e. The van der Waals surface area contributed by atoms with Gasteiger partial charge < -0.3 is 10.1 Å². The molecule has 0 radical (unpaired) electrons. The summed E-state index contributed by atoms with van der Waals surface area (Å²) in [5.41, 5.74) is 0.824. The maximum atomic E-state index is 11.5. The van der Waals surface area contributed by atoms with Crippen molar-refractivity contribution < 1.29 is 9.53 Å². The van der Waals surface area contributed by atoms with Crippen LogP contribution in [0.2, 0.25) is 0 Å². The molecule has 1 aromatic rings. The molecule has 5 heteroatoms. The van der Waals surface area contributed by atoms with Crippen LogP contribution in [0.25, 0.3) is 0 Å². The zero-order chi connectivity index (χ0) is 13.8. The highest BCUT2D eigenvalue weighted by molar-refractivity contribution is 9.10. The van der Waals surface area contributed by atoms with Gasteiger partial charge >= 0.3 is 5.97 Å². The Labute approximate surface area is 115 Å². The van der Waals surface area contributed by atoms with Crippen molar-refractivity contribution in [1.82, 2.24) is 0 Å². The number of carbonyl (C=O) groups is 1. The van der Waals surface area contributed by atoms with Crippen LogP contribution in [-0.4, -0.2) is 18.1 Å². The average Bonchev–Trinajstić information content (AvgIpc) is 2.25. The van der Waals surface area contributed by atoms with Crippen LogP contribution in [0, 0.1) is 11.3 Å². The Bertz CT molecular complexity index is 487. The molecular weight excluding hydrogens is 296 g/mol. The van der Waals surface area contributed by atoms with Crippen molar-refractivity contribution in [3.63, 3.8) is 0 Å². The van der Waals surface area contributed by atoms with Gasteiger partial charge in [-0.15, -0.1) is 0 Å². The van der Waals surface area contributed by atoms with E-state index in [1.54, 1.807) is 18.2 Å². The number of carbonyl (C=O) groups excluding carboxylic acids is 1. The molecule has 0 aliphatic rings. The van der Waals surface area contributed by atoms with Crippen molar-refractivity contribution >= 4 is 27.6 Å². The Balaban J connectivity index is 2.59. The van der Waals surface area contributed by atoms with Crippen LogP contribution in [0.4, 0.5) is 5.69 Å². The summed E-state index contributed by atoms with van der Waals surface area (Å²) in [4.78, 5) is 11.5. The third kappa shape index (κ3) is 4.76. The summed E-state index contributed by atoms with van der Waals surface area (Å²) in [5, 5.41) is 11.7. The Hall–Kier alpha value is -1.54. The van der Waals surface area contributed by atoms with Crippen LogP contribution in [0.1, 0.15) is 26.3 Å². The molecule has 0 aliphatic heterocycles. The standard InChI is InChI=1S/C13H15BrN2O2/c1-13(2,3)18-12(17)8-16-11-5-4-9(7-15)6-10(11)14/h4-6,16H,8H2,1-3H3. The monoisotopic (exact) mass is 310 g/mol. The highest BCUT2D eigenvalue weighted by Gasteiger charge is 2.16. The third-order valence-corrected chi connectivity index (χ3v) is 2.60. The number of nitriles is 1. The molecule has 0 bridgehead atoms. The summed E-state index contributed by atoms with van der Waals surface area (Å²) in [6, 6.07) is 7.16. The number of ether oxygens (including phenoxy) is 1. The van der Waals surface area contributed by atoms with E-state index in [2.05, 4.69) is 21.2 Å². The van der Waals surface area contributed by atoms with E-state index in [1.807, 2.05) is 26.8 Å². The van der Waals surface area contributed by atoms with Gasteiger partial charge in [-0.3, -0.25) is 4.79 Å². The molecule has 0 saturated heterocycles. The summed E-state index contributed by atoms with van der Waals surface area (Å²) in [5.74, 6) is -0.321. The van der Waals surface area contributed by atoms with Crippen molar-refractivity contribution in [2.45, 2.75) is 26.4 Å². The van der Waals surface area contributed by atoms with Gasteiger partial charge in [0.25, 0.3) is 0 Å². The van der Waals surface area contributed by atoms with Crippen LogP contribution in [0.5, 0.6) is 0 Å². The summed E-state index contributed by atoms with van der Waals surface area (Å²) in [7, 11) is 0. The van der Waals surface area contributed by atoms with Gasteiger partial charge in [0.2, 0.25) is 0 Å². The van der Waals surface area contributed by atoms with Gasteiger partial charge in [-0.1, -0.05) is 0 Å². The normalized spacial score (nSPS) is 10.6. The number of hydrogen-bond donors (Lipinski definition) is 1. The smallest absolute Gasteiger partial charge is 0.325 e. The minimum atomic E-state index is -0.485. The topological polar surface area (TPSA) is 62.1 Å². The lowest BCUT2D eigenvalue weighted by atomic mass is 10.2. The molecule has 0 aromatic heterocycles. The zero-order valence-electron chi connectivity index (χ0n) is 10.6. The van der Waals surface area contributed by atoms with Gasteiger partial charge in [0, 0.05) is 10.2 Å². The minimum Gasteiger partial charge on any atom is -0.459 e. The third-order valence-electron chi connectivity index (χ3n) is 1.94. The number of benzene rings is 1. The van der Waals surface area contributed by atoms with Crippen LogP contribution >= 0.6 is 15.9 Å². The van der Waals surface area contributed by atoms with E-state index in [1.165, 1.54) is 0 Å². The molecule has 4 nitrogen and oxygen atoms in total. The molecule has 0 spiro atoms. The molecule has 1 N–H and O–H groups in total. The molecule has 0 heterocycles. The van der Waals surface area contributed by atoms with Crippen molar-refractivity contribution in [1.29, 1.82) is 5.26 Å². The van der Waals surface area contributed by atoms with Crippen LogP contribution < -0.4 is 5.32 Å². The van der Waals surface area contributed by atoms with Crippen molar-refractivity contribution in [2.24, 2.45) is 0 Å². The molecule has 1 aromatic carbocycles. The second kappa shape index (κ2) is 5.87. The second-order valence-corrected chi connectivity index (χ2v) is 5.60. The predicted octanol–water partition coefficient (Wildman–Crippen LogP) is 3.07. The lowest BCUT2D eigenvalue weighted by Gasteiger charge is -2.19. The zero-order valence-corrected chi connectivity index (χ0v) is 12.2. The molecule has 0 saturated carbocycles. The van der Waals surface area contributed by atoms with Gasteiger partial charge in [0.15, 0.2) is 0 Å². The molecule has 96 valence electrons. The first-order chi connectivity index (χ1) is 8.31. The Morgan fingerprint density at radius 2 is 2.17 bits per heavy atom. The first-order valence-corrected chi connectivity index (χ1v) is 6.26. The van der Waals surface area contributed by atoms with E-state index in [9.17, 15) is 4.79 Å². The van der Waals surface area contributed by atoms with Crippen molar-refractivity contribution in [3.05, 3.63) is 28.2 Å². The molecule has 18 heavy (non-hydrogen) atoms. The van der Waals surface area contributed by atoms with E-state index in [0.29, 0.717) is 5.56 Å². The molecule has 0 amide bonds. The number of nitrogens with zero attached hydrogens (tertiary/aromatic N) is 1. The number of anilines is 1. The fourth-order valence-corrected chi connectivity index (χ4v) is 1.79. The van der Waals surface area contributed by atoms with E-state index < -0.39 is 5.60 Å². The predicted molar refractivity (Wildman–Crippen MR) is 73.2 cm³/mol. The lowest BCUT2D eigenvalue weighted by molar-refractivity contribution is -0.152. The largest absolute Gasteiger partial charge is 0.459 e. The molecule has 0 atom stereocenters. The van der Waals surface area contributed by atoms with Crippen molar-refractivity contribution in [2.75, 3.05) is 11.9 Å². The number of hydrogen-bond acceptors (Lipinski definition) is 4. The summed E-state index contributed by atoms with van der Waals surface area (Å²) >= 11 is 3.33. The molecule has 0 aliphatic carbocycles. The quantitative estimate of drug-likeness (QED) is 0.872. The SMILES string of the molecule is CC(C)(C)OC(=O)CNc1ccc(C#N)cc1Br. The Morgan fingerprint density at radius 1 is 1.50 bits per heavy atom. The fourth-order valence-electron chi connectivity index (χ4n) is 1.27. The van der Waals surface area contributed by atoms with E-state index in [0.717, 1.165) is 10.2 Å². The van der Waals surface area contributed by atoms with Crippen LogP contribution in [0.3, 0.4) is 0 Å². The number of esters is 1. The van der Waals surface area contributed by atoms with Gasteiger partial charge in [-0.05, 0) is 54.9 Å². The number of rotatable bonds is 3. The van der Waals surface area contributed by atoms with E-state index >= 15 is 0 Å². The molecular formula is C13H15BrN2O2. The molecule has 0 fully saturated rings. The van der Waals surface area contributed by atoms with Gasteiger partial charge in [-0.2, -0.15) is 5.26 Å². The summed E-state index contributed by atoms with van der Waals surface area (Å²) in [6.07, 6.45) is 0. The van der Waals surface area contributed by atoms with Gasteiger partial charge in [-0.25, -0.2) is 0 Å². The van der Waals surface area contributed by atoms with Gasteiger partial charge in [0.1, 0.15) is 12.1 Å². The van der Waals surface area contributed by atoms with Crippen molar-refractivity contribution in [3.8, 4) is 6.07 Å². The molecule has 1 rings (SSSR count). The highest BCUT2D eigenvalue weighted by atomic mass is 79.9. The Kier molecular flexibility index (Phi) is 4.74. The summed E-state index contributed by atoms with van der Waals surface area (Å²) in [6.45, 7) is 5.55. The van der Waals surface area contributed by atoms with Crippen LogP contribution in [0.15, 0.2) is 22.7 Å². The fraction of sp³-hybridized carbons (Fsp3) is 0.385. The first kappa shape index (κ1) is 14.5. The second-order valence-electron chi connectivity index (χ2n) is 4.75. The average molecular weight is 311 g/mol. The Morgan fingerprint density at radius 3 is 2.67 bits per heavy atom. The van der Waals surface area contributed by atoms with Crippen LogP contribution in [-0.2, 0) is 9.53 Å². The highest BCUT2D eigenvalue weighted by Crippen LogP contribution is 2.23. The van der Waals surface area contributed by atoms with E-state index in [4.69, 9.17) is 10.00 Å². The minimum absolute atomic E-state index is 0.0851. The summed E-state index contributed by atoms with van der Waals surface area (Å²) < 4.78 is 5.92. The van der Waals surface area contributed by atoms with Gasteiger partial charge in [0.05, 0.1) is 11.6 Å². The van der Waals surface area contributed by atoms with E-state index in [-0.39, 0.29) is 12.5 Å². The number of halogens is 1. The number of nitrogens with one attached hydrogen (secondary N) is 1. The lowest BCUT2D eigenvalue weighted by Crippen LogP contribution is -2.28. The maximum absolute atomic E-state index is 11.5. The molecule has 0 unspecified atom stereocenters. The first-order valence-electron chi connectivity index (χ1n) is 5.47.